The second-order valence-corrected chi connectivity index (χ2v) is 3.66. The Kier molecular flexibility index (Phi) is 8.28. The van der Waals surface area contributed by atoms with E-state index < -0.39 is 5.97 Å². The van der Waals surface area contributed by atoms with E-state index in [-0.39, 0.29) is 16.7 Å². The van der Waals surface area contributed by atoms with Gasteiger partial charge in [-0.05, 0) is 12.8 Å². The third-order valence-corrected chi connectivity index (χ3v) is 2.23. The van der Waals surface area contributed by atoms with Crippen LogP contribution in [0.25, 0.3) is 0 Å². The molecule has 0 saturated carbocycles. The lowest BCUT2D eigenvalue weighted by molar-refractivity contribution is -0.140. The van der Waals surface area contributed by atoms with Gasteiger partial charge in [0.05, 0.1) is 17.5 Å². The molecule has 0 spiro atoms. The summed E-state index contributed by atoms with van der Waals surface area (Å²) in [5.74, 6) is -0.723. The lowest BCUT2D eigenvalue weighted by Gasteiger charge is -2.05. The Morgan fingerprint density at radius 1 is 1.27 bits per heavy atom. The summed E-state index contributed by atoms with van der Waals surface area (Å²) in [6.07, 6.45) is 4.03. The highest BCUT2D eigenvalue weighted by atomic mass is 79.9. The van der Waals surface area contributed by atoms with Crippen molar-refractivity contribution in [3.8, 4) is 0 Å². The molecule has 86 valence electrons. The number of ketones is 1. The van der Waals surface area contributed by atoms with E-state index in [0.29, 0.717) is 6.61 Å². The van der Waals surface area contributed by atoms with Crippen molar-refractivity contribution in [1.82, 2.24) is 0 Å². The average molecular weight is 277 g/mol. The topological polar surface area (TPSA) is 43.4 Å². The largest absolute Gasteiger partial charge is 0.462 e. The molecule has 0 atom stereocenters. The van der Waals surface area contributed by atoms with Gasteiger partial charge in [-0.3, -0.25) is 4.79 Å². The molecule has 0 unspecified atom stereocenters. The predicted octanol–water partition coefficient (Wildman–Crippen LogP) is 2.63. The van der Waals surface area contributed by atoms with Crippen LogP contribution in [0.15, 0.2) is 11.6 Å². The van der Waals surface area contributed by atoms with Crippen LogP contribution >= 0.6 is 15.9 Å². The summed E-state index contributed by atoms with van der Waals surface area (Å²) in [6, 6.07) is 0. The van der Waals surface area contributed by atoms with Gasteiger partial charge in [-0.25, -0.2) is 4.79 Å². The smallest absolute Gasteiger partial charge is 0.341 e. The maximum absolute atomic E-state index is 11.5. The fraction of sp³-hybridized carbons (Fsp3) is 0.636. The first-order valence-corrected chi connectivity index (χ1v) is 6.25. The number of unbranched alkanes of at least 4 members (excludes halogenated alkanes) is 1. The highest BCUT2D eigenvalue weighted by Gasteiger charge is 2.17. The van der Waals surface area contributed by atoms with Crippen LogP contribution in [0.1, 0.15) is 33.1 Å². The minimum atomic E-state index is -0.505. The van der Waals surface area contributed by atoms with Crippen LogP contribution in [0.4, 0.5) is 0 Å². The van der Waals surface area contributed by atoms with Crippen molar-refractivity contribution in [3.63, 3.8) is 0 Å². The Morgan fingerprint density at radius 2 is 1.93 bits per heavy atom. The molecule has 0 amide bonds. The van der Waals surface area contributed by atoms with Gasteiger partial charge < -0.3 is 4.74 Å². The van der Waals surface area contributed by atoms with Gasteiger partial charge in [0.1, 0.15) is 0 Å². The molecule has 0 aromatic heterocycles. The second kappa shape index (κ2) is 8.65. The zero-order chi connectivity index (χ0) is 11.7. The zero-order valence-electron chi connectivity index (χ0n) is 9.22. The van der Waals surface area contributed by atoms with Crippen molar-refractivity contribution in [3.05, 3.63) is 11.6 Å². The number of esters is 1. The molecule has 0 radical (unpaired) electrons. The maximum atomic E-state index is 11.5. The van der Waals surface area contributed by atoms with E-state index in [2.05, 4.69) is 15.9 Å². The summed E-state index contributed by atoms with van der Waals surface area (Å²) >= 11 is 3.05. The summed E-state index contributed by atoms with van der Waals surface area (Å²) in [7, 11) is 0. The normalized spacial score (nSPS) is 11.3. The summed E-state index contributed by atoms with van der Waals surface area (Å²) < 4.78 is 4.92. The Hall–Kier alpha value is -0.640. The number of hydrogen-bond donors (Lipinski definition) is 0. The molecule has 0 N–H and O–H groups in total. The molecule has 0 aliphatic rings. The summed E-state index contributed by atoms with van der Waals surface area (Å²) in [4.78, 5) is 22.9. The molecule has 4 heteroatoms. The molecule has 0 aromatic rings. The first-order chi connectivity index (χ1) is 7.17. The number of Topliss-reactive ketones (excluding diaryl/α,β-unsaturated/α-hetero) is 1. The Bertz CT molecular complexity index is 246. The number of allylic oxidation sites excluding steroid dienone is 1. The van der Waals surface area contributed by atoms with Crippen molar-refractivity contribution in [2.75, 3.05) is 11.9 Å². The van der Waals surface area contributed by atoms with E-state index in [1.165, 1.54) is 0 Å². The van der Waals surface area contributed by atoms with Crippen LogP contribution in [0.3, 0.4) is 0 Å². The lowest BCUT2D eigenvalue weighted by Crippen LogP contribution is -2.17. The average Bonchev–Trinajstić information content (AvgIpc) is 2.26. The number of carbonyl (C=O) groups excluding carboxylic acids is 2. The lowest BCUT2D eigenvalue weighted by atomic mass is 10.1. The third kappa shape index (κ3) is 5.72. The van der Waals surface area contributed by atoms with E-state index >= 15 is 0 Å². The molecule has 0 bridgehead atoms. The number of ether oxygens (including phenoxy) is 1. The molecule has 0 aliphatic heterocycles. The van der Waals surface area contributed by atoms with E-state index in [9.17, 15) is 9.59 Å². The van der Waals surface area contributed by atoms with Crippen LogP contribution in [-0.2, 0) is 14.3 Å². The number of alkyl halides is 1. The highest BCUT2D eigenvalue weighted by Crippen LogP contribution is 2.06. The van der Waals surface area contributed by atoms with Crippen LogP contribution in [0.2, 0.25) is 0 Å². The monoisotopic (exact) mass is 276 g/mol. The maximum Gasteiger partial charge on any atom is 0.341 e. The van der Waals surface area contributed by atoms with Gasteiger partial charge in [-0.15, -0.1) is 0 Å². The van der Waals surface area contributed by atoms with E-state index in [0.717, 1.165) is 19.3 Å². The van der Waals surface area contributed by atoms with Gasteiger partial charge in [0.2, 0.25) is 0 Å². The molecule has 0 rings (SSSR count). The molecular formula is C11H17BrO3. The molecule has 0 aromatic carbocycles. The zero-order valence-corrected chi connectivity index (χ0v) is 10.8. The summed E-state index contributed by atoms with van der Waals surface area (Å²) in [6.45, 7) is 4.26. The number of rotatable bonds is 7. The van der Waals surface area contributed by atoms with Crippen molar-refractivity contribution >= 4 is 27.7 Å². The second-order valence-electron chi connectivity index (χ2n) is 3.10. The Balaban J connectivity index is 4.48. The van der Waals surface area contributed by atoms with Crippen LogP contribution in [0, 0.1) is 0 Å². The Labute approximate surface area is 99.0 Å². The van der Waals surface area contributed by atoms with Crippen LogP contribution in [0.5, 0.6) is 0 Å². The van der Waals surface area contributed by atoms with E-state index in [4.69, 9.17) is 4.74 Å². The fourth-order valence-electron chi connectivity index (χ4n) is 0.944. The quantitative estimate of drug-likeness (QED) is 0.236. The van der Waals surface area contributed by atoms with Gasteiger partial charge in [-0.1, -0.05) is 42.3 Å². The van der Waals surface area contributed by atoms with Crippen molar-refractivity contribution < 1.29 is 14.3 Å². The minimum absolute atomic E-state index is 0.157. The van der Waals surface area contributed by atoms with Gasteiger partial charge in [-0.2, -0.15) is 0 Å². The molecule has 0 aliphatic carbocycles. The van der Waals surface area contributed by atoms with E-state index in [1.807, 2.05) is 13.8 Å². The van der Waals surface area contributed by atoms with Crippen molar-refractivity contribution in [2.45, 2.75) is 33.1 Å². The first-order valence-electron chi connectivity index (χ1n) is 5.13. The minimum Gasteiger partial charge on any atom is -0.462 e. The molecular weight excluding hydrogens is 260 g/mol. The standard InChI is InChI=1S/C11H17BrO3/c1-3-5-6-9(10(13)8-12)11(14)15-7-4-2/h6H,3-5,7-8H2,1-2H3/b9-6+. The van der Waals surface area contributed by atoms with Gasteiger partial charge in [0.15, 0.2) is 5.78 Å². The van der Waals surface area contributed by atoms with Gasteiger partial charge in [0, 0.05) is 0 Å². The summed E-state index contributed by atoms with van der Waals surface area (Å²) in [5, 5.41) is 0.157. The number of halogens is 1. The van der Waals surface area contributed by atoms with Gasteiger partial charge >= 0.3 is 5.97 Å². The first kappa shape index (κ1) is 14.4. The number of hydrogen-bond acceptors (Lipinski definition) is 3. The highest BCUT2D eigenvalue weighted by molar-refractivity contribution is 9.09. The predicted molar refractivity (Wildman–Crippen MR) is 63.0 cm³/mol. The van der Waals surface area contributed by atoms with Crippen LogP contribution < -0.4 is 0 Å². The summed E-state index contributed by atoms with van der Waals surface area (Å²) in [5.41, 5.74) is 0.169. The number of carbonyl (C=O) groups is 2. The SMILES string of the molecule is CCC/C=C(\C(=O)CBr)C(=O)OCCC. The molecule has 3 nitrogen and oxygen atoms in total. The third-order valence-electron chi connectivity index (χ3n) is 1.72. The Morgan fingerprint density at radius 3 is 2.40 bits per heavy atom. The molecule has 15 heavy (non-hydrogen) atoms. The van der Waals surface area contributed by atoms with Crippen LogP contribution in [-0.4, -0.2) is 23.7 Å². The van der Waals surface area contributed by atoms with E-state index in [1.54, 1.807) is 6.08 Å². The van der Waals surface area contributed by atoms with Crippen molar-refractivity contribution in [2.24, 2.45) is 0 Å². The molecule has 0 saturated heterocycles. The van der Waals surface area contributed by atoms with Gasteiger partial charge in [0.25, 0.3) is 0 Å². The van der Waals surface area contributed by atoms with Crippen molar-refractivity contribution in [1.29, 1.82) is 0 Å². The molecule has 0 fully saturated rings. The fourth-order valence-corrected chi connectivity index (χ4v) is 1.25. The molecule has 0 heterocycles.